The number of hydrogen-bond donors (Lipinski definition) is 1. The van der Waals surface area contributed by atoms with Crippen molar-refractivity contribution in [3.63, 3.8) is 0 Å². The van der Waals surface area contributed by atoms with Gasteiger partial charge in [0.1, 0.15) is 0 Å². The van der Waals surface area contributed by atoms with E-state index in [1.54, 1.807) is 0 Å². The number of nitrogens with one attached hydrogen (secondary N) is 1. The lowest BCUT2D eigenvalue weighted by Crippen LogP contribution is -2.46. The van der Waals surface area contributed by atoms with Crippen molar-refractivity contribution in [2.75, 3.05) is 13.1 Å². The van der Waals surface area contributed by atoms with Crippen LogP contribution in [0.5, 0.6) is 0 Å². The molecule has 0 radical (unpaired) electrons. The Bertz CT molecular complexity index is 537. The summed E-state index contributed by atoms with van der Waals surface area (Å²) < 4.78 is 0.960. The van der Waals surface area contributed by atoms with E-state index in [2.05, 4.69) is 41.8 Å². The SMILES string of the molecule is CC(C)CC(=O)N1CCC(NC(=O)c2ccccc2I)CC1. The van der Waals surface area contributed by atoms with Crippen molar-refractivity contribution in [2.24, 2.45) is 5.92 Å². The molecule has 1 heterocycles. The third-order valence-electron chi connectivity index (χ3n) is 3.88. The van der Waals surface area contributed by atoms with Gasteiger partial charge in [0.2, 0.25) is 5.91 Å². The van der Waals surface area contributed by atoms with Crippen LogP contribution in [0.4, 0.5) is 0 Å². The summed E-state index contributed by atoms with van der Waals surface area (Å²) in [5, 5.41) is 3.09. The van der Waals surface area contributed by atoms with Crippen LogP contribution < -0.4 is 5.32 Å². The monoisotopic (exact) mass is 414 g/mol. The van der Waals surface area contributed by atoms with Crippen LogP contribution in [-0.4, -0.2) is 35.8 Å². The van der Waals surface area contributed by atoms with E-state index in [4.69, 9.17) is 0 Å². The zero-order valence-electron chi connectivity index (χ0n) is 13.1. The predicted octanol–water partition coefficient (Wildman–Crippen LogP) is 3.06. The van der Waals surface area contributed by atoms with Crippen LogP contribution in [0.1, 0.15) is 43.5 Å². The quantitative estimate of drug-likeness (QED) is 0.771. The molecule has 1 aliphatic rings. The van der Waals surface area contributed by atoms with Crippen LogP contribution in [-0.2, 0) is 4.79 Å². The Balaban J connectivity index is 1.84. The molecule has 4 nitrogen and oxygen atoms in total. The van der Waals surface area contributed by atoms with Crippen LogP contribution in [0.15, 0.2) is 24.3 Å². The van der Waals surface area contributed by atoms with Gasteiger partial charge in [0.15, 0.2) is 0 Å². The van der Waals surface area contributed by atoms with Crippen molar-refractivity contribution in [1.82, 2.24) is 10.2 Å². The Morgan fingerprint density at radius 2 is 1.91 bits per heavy atom. The predicted molar refractivity (Wildman–Crippen MR) is 95.7 cm³/mol. The lowest BCUT2D eigenvalue weighted by molar-refractivity contribution is -0.133. The molecule has 1 aliphatic heterocycles. The molecule has 0 unspecified atom stereocenters. The summed E-state index contributed by atoms with van der Waals surface area (Å²) in [6, 6.07) is 7.74. The van der Waals surface area contributed by atoms with Crippen LogP contribution in [0, 0.1) is 9.49 Å². The number of hydrogen-bond acceptors (Lipinski definition) is 2. The van der Waals surface area contributed by atoms with Gasteiger partial charge in [-0.2, -0.15) is 0 Å². The maximum absolute atomic E-state index is 12.3. The maximum atomic E-state index is 12.3. The Morgan fingerprint density at radius 3 is 2.50 bits per heavy atom. The molecule has 1 N–H and O–H groups in total. The van der Waals surface area contributed by atoms with Crippen LogP contribution >= 0.6 is 22.6 Å². The second-order valence-corrected chi connectivity index (χ2v) is 7.37. The Labute approximate surface area is 145 Å². The van der Waals surface area contributed by atoms with Gasteiger partial charge in [-0.15, -0.1) is 0 Å². The van der Waals surface area contributed by atoms with Crippen molar-refractivity contribution in [1.29, 1.82) is 0 Å². The fourth-order valence-electron chi connectivity index (χ4n) is 2.66. The molecule has 120 valence electrons. The number of halogens is 1. The number of piperidine rings is 1. The smallest absolute Gasteiger partial charge is 0.252 e. The largest absolute Gasteiger partial charge is 0.349 e. The normalized spacial score (nSPS) is 15.9. The van der Waals surface area contributed by atoms with Gasteiger partial charge in [0.25, 0.3) is 5.91 Å². The number of nitrogens with zero attached hydrogens (tertiary/aromatic N) is 1. The minimum Gasteiger partial charge on any atom is -0.349 e. The van der Waals surface area contributed by atoms with Crippen molar-refractivity contribution < 1.29 is 9.59 Å². The van der Waals surface area contributed by atoms with E-state index in [0.29, 0.717) is 12.3 Å². The standard InChI is InChI=1S/C17H23IN2O2/c1-12(2)11-16(21)20-9-7-13(8-10-20)19-17(22)14-5-3-4-6-15(14)18/h3-6,12-13H,7-11H2,1-2H3,(H,19,22). The molecule has 1 saturated heterocycles. The van der Waals surface area contributed by atoms with E-state index < -0.39 is 0 Å². The molecule has 0 aromatic heterocycles. The van der Waals surface area contributed by atoms with Crippen LogP contribution in [0.25, 0.3) is 0 Å². The lowest BCUT2D eigenvalue weighted by atomic mass is 10.0. The molecule has 2 amide bonds. The van der Waals surface area contributed by atoms with E-state index >= 15 is 0 Å². The molecule has 1 aromatic rings. The highest BCUT2D eigenvalue weighted by atomic mass is 127. The first-order valence-electron chi connectivity index (χ1n) is 7.80. The molecule has 5 heteroatoms. The first kappa shape index (κ1) is 17.2. The van der Waals surface area contributed by atoms with Gasteiger partial charge >= 0.3 is 0 Å². The molecule has 1 fully saturated rings. The first-order chi connectivity index (χ1) is 10.5. The summed E-state index contributed by atoms with van der Waals surface area (Å²) in [5.74, 6) is 0.611. The fraction of sp³-hybridized carbons (Fsp3) is 0.529. The van der Waals surface area contributed by atoms with Crippen molar-refractivity contribution in [3.8, 4) is 0 Å². The molecule has 2 rings (SSSR count). The van der Waals surface area contributed by atoms with Crippen molar-refractivity contribution >= 4 is 34.4 Å². The van der Waals surface area contributed by atoms with Gasteiger partial charge in [-0.3, -0.25) is 9.59 Å². The van der Waals surface area contributed by atoms with Crippen LogP contribution in [0.2, 0.25) is 0 Å². The second kappa shape index (κ2) is 7.94. The minimum absolute atomic E-state index is 0.0167. The highest BCUT2D eigenvalue weighted by molar-refractivity contribution is 14.1. The molecular formula is C17H23IN2O2. The molecule has 0 aliphatic carbocycles. The molecule has 1 aromatic carbocycles. The molecule has 0 spiro atoms. The van der Waals surface area contributed by atoms with E-state index in [-0.39, 0.29) is 17.9 Å². The van der Waals surface area contributed by atoms with Crippen molar-refractivity contribution in [2.45, 2.75) is 39.2 Å². The number of likely N-dealkylation sites (tertiary alicyclic amines) is 1. The Hall–Kier alpha value is -1.11. The zero-order valence-corrected chi connectivity index (χ0v) is 15.3. The third-order valence-corrected chi connectivity index (χ3v) is 4.82. The van der Waals surface area contributed by atoms with E-state index in [0.717, 1.165) is 35.1 Å². The molecule has 0 saturated carbocycles. The van der Waals surface area contributed by atoms with E-state index in [1.165, 1.54) is 0 Å². The van der Waals surface area contributed by atoms with E-state index in [9.17, 15) is 9.59 Å². The van der Waals surface area contributed by atoms with Gasteiger partial charge in [-0.1, -0.05) is 26.0 Å². The first-order valence-corrected chi connectivity index (χ1v) is 8.88. The number of benzene rings is 1. The molecular weight excluding hydrogens is 391 g/mol. The van der Waals surface area contributed by atoms with Crippen LogP contribution in [0.3, 0.4) is 0 Å². The maximum Gasteiger partial charge on any atom is 0.252 e. The van der Waals surface area contributed by atoms with Gasteiger partial charge < -0.3 is 10.2 Å². The summed E-state index contributed by atoms with van der Waals surface area (Å²) in [6.07, 6.45) is 2.28. The van der Waals surface area contributed by atoms with Gasteiger partial charge in [0, 0.05) is 29.1 Å². The summed E-state index contributed by atoms with van der Waals surface area (Å²) in [5.41, 5.74) is 0.724. The fourth-order valence-corrected chi connectivity index (χ4v) is 3.29. The second-order valence-electron chi connectivity index (χ2n) is 6.21. The van der Waals surface area contributed by atoms with Gasteiger partial charge in [-0.05, 0) is 53.5 Å². The molecule has 0 bridgehead atoms. The summed E-state index contributed by atoms with van der Waals surface area (Å²) in [6.45, 7) is 5.60. The highest BCUT2D eigenvalue weighted by Crippen LogP contribution is 2.16. The average molecular weight is 414 g/mol. The third kappa shape index (κ3) is 4.69. The number of carbonyl (C=O) groups is 2. The number of rotatable bonds is 4. The zero-order chi connectivity index (χ0) is 16.1. The summed E-state index contributed by atoms with van der Waals surface area (Å²) >= 11 is 2.18. The molecule has 22 heavy (non-hydrogen) atoms. The Kier molecular flexibility index (Phi) is 6.23. The van der Waals surface area contributed by atoms with E-state index in [1.807, 2.05) is 29.2 Å². The summed E-state index contributed by atoms with van der Waals surface area (Å²) in [4.78, 5) is 26.3. The number of carbonyl (C=O) groups excluding carboxylic acids is 2. The van der Waals surface area contributed by atoms with Gasteiger partial charge in [-0.25, -0.2) is 0 Å². The highest BCUT2D eigenvalue weighted by Gasteiger charge is 2.24. The molecule has 0 atom stereocenters. The topological polar surface area (TPSA) is 49.4 Å². The number of amides is 2. The lowest BCUT2D eigenvalue weighted by Gasteiger charge is -2.33. The van der Waals surface area contributed by atoms with Crippen molar-refractivity contribution in [3.05, 3.63) is 33.4 Å². The summed E-state index contributed by atoms with van der Waals surface area (Å²) in [7, 11) is 0. The van der Waals surface area contributed by atoms with Gasteiger partial charge in [0.05, 0.1) is 5.56 Å². The average Bonchev–Trinajstić information content (AvgIpc) is 2.47. The Morgan fingerprint density at radius 1 is 1.27 bits per heavy atom. The minimum atomic E-state index is -0.0167.